The first-order valence-electron chi connectivity index (χ1n) is 6.61. The van der Waals surface area contributed by atoms with E-state index in [1.165, 1.54) is 24.3 Å². The fourth-order valence-corrected chi connectivity index (χ4v) is 2.00. The maximum absolute atomic E-state index is 12.2. The molecule has 0 saturated carbocycles. The summed E-state index contributed by atoms with van der Waals surface area (Å²) in [6.07, 6.45) is 0.361. The molecule has 0 fully saturated rings. The van der Waals surface area contributed by atoms with Crippen LogP contribution in [0.25, 0.3) is 0 Å². The number of nitrogens with zero attached hydrogens (tertiary/aromatic N) is 2. The Morgan fingerprint density at radius 2 is 1.73 bits per heavy atom. The van der Waals surface area contributed by atoms with E-state index in [0.29, 0.717) is 12.1 Å². The number of hydrogen-bond acceptors (Lipinski definition) is 5. The van der Waals surface area contributed by atoms with Crippen LogP contribution in [0.15, 0.2) is 54.6 Å². The first-order valence-corrected chi connectivity index (χ1v) is 6.61. The number of non-ortho nitro benzene ring substituents is 1. The number of benzene rings is 2. The highest BCUT2D eigenvalue weighted by atomic mass is 16.6. The molecule has 0 spiro atoms. The van der Waals surface area contributed by atoms with E-state index in [4.69, 9.17) is 11.6 Å². The minimum atomic E-state index is -0.789. The van der Waals surface area contributed by atoms with Crippen molar-refractivity contribution >= 4 is 17.3 Å². The van der Waals surface area contributed by atoms with Gasteiger partial charge < -0.3 is 5.73 Å². The number of anilines is 1. The summed E-state index contributed by atoms with van der Waals surface area (Å²) in [5, 5.41) is 11.5. The van der Waals surface area contributed by atoms with E-state index < -0.39 is 16.9 Å². The Hall–Kier alpha value is -2.77. The van der Waals surface area contributed by atoms with E-state index in [0.717, 1.165) is 10.6 Å². The van der Waals surface area contributed by atoms with Crippen LogP contribution in [0.1, 0.15) is 5.56 Å². The number of hydrazine groups is 1. The molecule has 2 aromatic rings. The number of nitro benzene ring substituents is 1. The van der Waals surface area contributed by atoms with Crippen molar-refractivity contribution in [3.05, 3.63) is 70.3 Å². The van der Waals surface area contributed by atoms with Crippen molar-refractivity contribution in [2.75, 3.05) is 5.01 Å². The third-order valence-electron chi connectivity index (χ3n) is 3.19. The molecule has 0 bridgehead atoms. The molecule has 114 valence electrons. The summed E-state index contributed by atoms with van der Waals surface area (Å²) in [6, 6.07) is 13.9. The Morgan fingerprint density at radius 1 is 1.14 bits per heavy atom. The van der Waals surface area contributed by atoms with Crippen molar-refractivity contribution in [3.8, 4) is 0 Å². The number of rotatable bonds is 5. The fourth-order valence-electron chi connectivity index (χ4n) is 2.00. The lowest BCUT2D eigenvalue weighted by atomic mass is 10.1. The van der Waals surface area contributed by atoms with Crippen molar-refractivity contribution in [2.24, 2.45) is 11.6 Å². The van der Waals surface area contributed by atoms with Gasteiger partial charge in [0.2, 0.25) is 0 Å². The molecule has 4 N–H and O–H groups in total. The predicted molar refractivity (Wildman–Crippen MR) is 82.9 cm³/mol. The number of carbonyl (C=O) groups is 1. The van der Waals surface area contributed by atoms with Gasteiger partial charge in [-0.05, 0) is 24.1 Å². The Kier molecular flexibility index (Phi) is 4.82. The van der Waals surface area contributed by atoms with Gasteiger partial charge in [-0.15, -0.1) is 0 Å². The molecule has 0 radical (unpaired) electrons. The van der Waals surface area contributed by atoms with E-state index in [-0.39, 0.29) is 5.69 Å². The van der Waals surface area contributed by atoms with Crippen LogP contribution >= 0.6 is 0 Å². The maximum atomic E-state index is 12.2. The zero-order chi connectivity index (χ0) is 16.1. The number of nitro groups is 1. The van der Waals surface area contributed by atoms with E-state index in [1.54, 1.807) is 0 Å². The molecule has 7 heteroatoms. The average Bonchev–Trinajstić information content (AvgIpc) is 2.54. The van der Waals surface area contributed by atoms with E-state index in [2.05, 4.69) is 0 Å². The zero-order valence-corrected chi connectivity index (χ0v) is 11.8. The second-order valence-corrected chi connectivity index (χ2v) is 4.78. The van der Waals surface area contributed by atoms with Gasteiger partial charge in [-0.25, -0.2) is 10.9 Å². The topological polar surface area (TPSA) is 115 Å². The van der Waals surface area contributed by atoms with E-state index >= 15 is 0 Å². The van der Waals surface area contributed by atoms with Gasteiger partial charge in [0.1, 0.15) is 0 Å². The molecule has 7 nitrogen and oxygen atoms in total. The van der Waals surface area contributed by atoms with Crippen molar-refractivity contribution in [3.63, 3.8) is 0 Å². The minimum Gasteiger partial charge on any atom is -0.320 e. The van der Waals surface area contributed by atoms with Crippen LogP contribution in [0.4, 0.5) is 11.4 Å². The molecule has 0 heterocycles. The Bertz CT molecular complexity index is 658. The number of carbonyl (C=O) groups excluding carboxylic acids is 1. The van der Waals surface area contributed by atoms with E-state index in [1.807, 2.05) is 30.3 Å². The molecule has 1 unspecified atom stereocenters. The fraction of sp³-hybridized carbons (Fsp3) is 0.133. The maximum Gasteiger partial charge on any atom is 0.269 e. The summed E-state index contributed by atoms with van der Waals surface area (Å²) in [4.78, 5) is 22.3. The van der Waals surface area contributed by atoms with E-state index in [9.17, 15) is 14.9 Å². The molecule has 2 rings (SSSR count). The third kappa shape index (κ3) is 3.66. The van der Waals surface area contributed by atoms with Gasteiger partial charge in [-0.2, -0.15) is 0 Å². The van der Waals surface area contributed by atoms with Crippen LogP contribution < -0.4 is 16.6 Å². The summed E-state index contributed by atoms with van der Waals surface area (Å²) < 4.78 is 0. The highest BCUT2D eigenvalue weighted by Gasteiger charge is 2.20. The summed E-state index contributed by atoms with van der Waals surface area (Å²) >= 11 is 0. The molecule has 0 aliphatic rings. The van der Waals surface area contributed by atoms with Gasteiger partial charge in [0.05, 0.1) is 16.7 Å². The van der Waals surface area contributed by atoms with Crippen LogP contribution in [0.5, 0.6) is 0 Å². The quantitative estimate of drug-likeness (QED) is 0.374. The minimum absolute atomic E-state index is 0.0711. The molecule has 0 aliphatic carbocycles. The smallest absolute Gasteiger partial charge is 0.269 e. The van der Waals surface area contributed by atoms with Crippen molar-refractivity contribution in [1.29, 1.82) is 0 Å². The summed E-state index contributed by atoms with van der Waals surface area (Å²) in [6.45, 7) is 0. The number of nitrogens with two attached hydrogens (primary N) is 2. The van der Waals surface area contributed by atoms with Gasteiger partial charge in [-0.1, -0.05) is 30.3 Å². The van der Waals surface area contributed by atoms with Gasteiger partial charge in [0, 0.05) is 12.1 Å². The summed E-state index contributed by atoms with van der Waals surface area (Å²) in [5.41, 5.74) is 7.09. The van der Waals surface area contributed by atoms with Crippen molar-refractivity contribution < 1.29 is 9.72 Å². The van der Waals surface area contributed by atoms with Crippen molar-refractivity contribution in [1.82, 2.24) is 0 Å². The van der Waals surface area contributed by atoms with Crippen LogP contribution in [0, 0.1) is 10.1 Å². The van der Waals surface area contributed by atoms with Crippen LogP contribution in [-0.2, 0) is 11.2 Å². The van der Waals surface area contributed by atoms with Gasteiger partial charge >= 0.3 is 0 Å². The second-order valence-electron chi connectivity index (χ2n) is 4.78. The Labute approximate surface area is 127 Å². The first kappa shape index (κ1) is 15.6. The summed E-state index contributed by atoms with van der Waals surface area (Å²) in [7, 11) is 0. The molecule has 0 aliphatic heterocycles. The van der Waals surface area contributed by atoms with Gasteiger partial charge in [0.15, 0.2) is 0 Å². The Balaban J connectivity index is 2.06. The molecule has 1 atom stereocenters. The molecule has 22 heavy (non-hydrogen) atoms. The SMILES string of the molecule is NC(Cc1ccccc1)C(=O)N(N)c1ccc([N+](=O)[O-])cc1. The van der Waals surface area contributed by atoms with Crippen LogP contribution in [0.2, 0.25) is 0 Å². The normalized spacial score (nSPS) is 11.7. The van der Waals surface area contributed by atoms with Gasteiger partial charge in [-0.3, -0.25) is 14.9 Å². The largest absolute Gasteiger partial charge is 0.320 e. The zero-order valence-electron chi connectivity index (χ0n) is 11.8. The molecule has 0 saturated heterocycles. The van der Waals surface area contributed by atoms with Crippen LogP contribution in [-0.4, -0.2) is 16.9 Å². The summed E-state index contributed by atoms with van der Waals surface area (Å²) in [5.74, 6) is 5.29. The van der Waals surface area contributed by atoms with Gasteiger partial charge in [0.25, 0.3) is 11.6 Å². The first-order chi connectivity index (χ1) is 10.5. The average molecular weight is 300 g/mol. The lowest BCUT2D eigenvalue weighted by Crippen LogP contribution is -2.48. The number of amides is 1. The lowest BCUT2D eigenvalue weighted by molar-refractivity contribution is -0.384. The number of hydrogen-bond donors (Lipinski definition) is 2. The molecule has 1 amide bonds. The second kappa shape index (κ2) is 6.79. The molecule has 2 aromatic carbocycles. The van der Waals surface area contributed by atoms with Crippen molar-refractivity contribution in [2.45, 2.75) is 12.5 Å². The molecular formula is C15H16N4O3. The monoisotopic (exact) mass is 300 g/mol. The van der Waals surface area contributed by atoms with Crippen LogP contribution in [0.3, 0.4) is 0 Å². The molecule has 0 aromatic heterocycles. The third-order valence-corrected chi connectivity index (χ3v) is 3.19. The highest BCUT2D eigenvalue weighted by Crippen LogP contribution is 2.18. The highest BCUT2D eigenvalue weighted by molar-refractivity contribution is 5.96. The molecular weight excluding hydrogens is 284 g/mol. The lowest BCUT2D eigenvalue weighted by Gasteiger charge is -2.20. The predicted octanol–water partition coefficient (Wildman–Crippen LogP) is 1.37. The Morgan fingerprint density at radius 3 is 2.27 bits per heavy atom. The standard InChI is InChI=1S/C15H16N4O3/c16-14(10-11-4-2-1-3-5-11)15(20)18(17)12-6-8-13(9-7-12)19(21)22/h1-9,14H,10,16-17H2.